The molecule has 0 amide bonds. The molecule has 0 fully saturated rings. The molecule has 96 valence electrons. The van der Waals surface area contributed by atoms with Crippen LogP contribution in [0.25, 0.3) is 0 Å². The van der Waals surface area contributed by atoms with Gasteiger partial charge >= 0.3 is 0 Å². The number of hydrogen-bond donors (Lipinski definition) is 1. The maximum Gasteiger partial charge on any atom is 0.0270 e. The van der Waals surface area contributed by atoms with Crippen LogP contribution in [0.2, 0.25) is 0 Å². The largest absolute Gasteiger partial charge is 0.313 e. The summed E-state index contributed by atoms with van der Waals surface area (Å²) >= 11 is 0. The Kier molecular flexibility index (Phi) is 5.63. The van der Waals surface area contributed by atoms with E-state index >= 15 is 0 Å². The van der Waals surface area contributed by atoms with E-state index in [1.165, 1.54) is 5.56 Å². The fourth-order valence-electron chi connectivity index (χ4n) is 2.34. The summed E-state index contributed by atoms with van der Waals surface area (Å²) in [7, 11) is 0. The van der Waals surface area contributed by atoms with Crippen LogP contribution in [0.3, 0.4) is 0 Å². The van der Waals surface area contributed by atoms with Crippen molar-refractivity contribution in [2.24, 2.45) is 11.8 Å². The highest BCUT2D eigenvalue weighted by Gasteiger charge is 2.25. The van der Waals surface area contributed by atoms with Crippen LogP contribution in [-0.4, -0.2) is 17.6 Å². The molecule has 0 aliphatic carbocycles. The Morgan fingerprint density at radius 1 is 1.12 bits per heavy atom. The molecule has 1 rings (SSSR count). The third-order valence-electron chi connectivity index (χ3n) is 3.83. The fourth-order valence-corrected chi connectivity index (χ4v) is 2.34. The minimum Gasteiger partial charge on any atom is -0.313 e. The fraction of sp³-hybridized carbons (Fsp3) is 0.667. The predicted molar refractivity (Wildman–Crippen MR) is 74.1 cm³/mol. The Balaban J connectivity index is 2.83. The average molecular weight is 234 g/mol. The smallest absolute Gasteiger partial charge is 0.0270 e. The predicted octanol–water partition coefficient (Wildman–Crippen LogP) is 3.46. The highest BCUT2D eigenvalue weighted by Crippen LogP contribution is 2.27. The first kappa shape index (κ1) is 14.2. The number of rotatable bonds is 6. The van der Waals surface area contributed by atoms with Crippen LogP contribution in [0.4, 0.5) is 0 Å². The zero-order valence-electron chi connectivity index (χ0n) is 11.8. The van der Waals surface area contributed by atoms with Crippen LogP contribution in [0, 0.1) is 11.8 Å². The van der Waals surface area contributed by atoms with Gasteiger partial charge in [-0.15, -0.1) is 0 Å². The zero-order chi connectivity index (χ0) is 12.8. The van der Waals surface area contributed by atoms with Crippen molar-refractivity contribution in [3.8, 4) is 0 Å². The van der Waals surface area contributed by atoms with E-state index in [-0.39, 0.29) is 0 Å². The van der Waals surface area contributed by atoms with Gasteiger partial charge in [-0.05, 0) is 42.0 Å². The maximum atomic E-state index is 4.09. The van der Waals surface area contributed by atoms with Crippen molar-refractivity contribution in [1.29, 1.82) is 0 Å². The third kappa shape index (κ3) is 3.81. The molecule has 0 radical (unpaired) electrons. The van der Waals surface area contributed by atoms with Gasteiger partial charge in [0, 0.05) is 18.4 Å². The topological polar surface area (TPSA) is 24.9 Å². The van der Waals surface area contributed by atoms with Gasteiger partial charge in [0.1, 0.15) is 0 Å². The lowest BCUT2D eigenvalue weighted by Crippen LogP contribution is -2.41. The second-order valence-corrected chi connectivity index (χ2v) is 5.26. The maximum absolute atomic E-state index is 4.09. The van der Waals surface area contributed by atoms with E-state index in [1.54, 1.807) is 0 Å². The second kappa shape index (κ2) is 6.75. The summed E-state index contributed by atoms with van der Waals surface area (Å²) in [5, 5.41) is 3.64. The normalized spacial score (nSPS) is 16.8. The zero-order valence-corrected chi connectivity index (χ0v) is 11.8. The highest BCUT2D eigenvalue weighted by molar-refractivity contribution is 5.17. The van der Waals surface area contributed by atoms with Crippen LogP contribution in [-0.2, 0) is 0 Å². The Hall–Kier alpha value is -0.890. The first-order valence-corrected chi connectivity index (χ1v) is 6.71. The van der Waals surface area contributed by atoms with E-state index in [0.29, 0.717) is 23.8 Å². The number of likely N-dealkylation sites (N-methyl/N-ethyl adjacent to an activating group) is 1. The molecular formula is C15H26N2. The van der Waals surface area contributed by atoms with Gasteiger partial charge in [-0.2, -0.15) is 0 Å². The lowest BCUT2D eigenvalue weighted by molar-refractivity contribution is 0.273. The molecule has 3 unspecified atom stereocenters. The minimum absolute atomic E-state index is 0.523. The molecule has 1 aromatic rings. The van der Waals surface area contributed by atoms with Gasteiger partial charge in [-0.3, -0.25) is 4.98 Å². The van der Waals surface area contributed by atoms with E-state index in [2.05, 4.69) is 57.1 Å². The van der Waals surface area contributed by atoms with Crippen molar-refractivity contribution in [1.82, 2.24) is 10.3 Å². The molecule has 2 nitrogen and oxygen atoms in total. The van der Waals surface area contributed by atoms with E-state index in [9.17, 15) is 0 Å². The molecule has 0 saturated heterocycles. The van der Waals surface area contributed by atoms with Gasteiger partial charge in [0.2, 0.25) is 0 Å². The summed E-state index contributed by atoms with van der Waals surface area (Å²) in [4.78, 5) is 4.09. The van der Waals surface area contributed by atoms with Crippen molar-refractivity contribution in [3.63, 3.8) is 0 Å². The number of hydrogen-bond acceptors (Lipinski definition) is 2. The molecule has 1 heterocycles. The summed E-state index contributed by atoms with van der Waals surface area (Å²) < 4.78 is 0. The molecule has 0 bridgehead atoms. The number of pyridine rings is 1. The van der Waals surface area contributed by atoms with Gasteiger partial charge in [0.15, 0.2) is 0 Å². The van der Waals surface area contributed by atoms with Crippen LogP contribution in [0.15, 0.2) is 24.5 Å². The monoisotopic (exact) mass is 234 g/mol. The van der Waals surface area contributed by atoms with Crippen molar-refractivity contribution in [2.75, 3.05) is 6.54 Å². The second-order valence-electron chi connectivity index (χ2n) is 5.26. The summed E-state index contributed by atoms with van der Waals surface area (Å²) in [5.74, 6) is 1.89. The van der Waals surface area contributed by atoms with Gasteiger partial charge in [0.25, 0.3) is 0 Å². The van der Waals surface area contributed by atoms with Crippen molar-refractivity contribution < 1.29 is 0 Å². The Bertz CT molecular complexity index is 308. The average Bonchev–Trinajstić information content (AvgIpc) is 2.35. The lowest BCUT2D eigenvalue weighted by atomic mass is 9.80. The Labute approximate surface area is 106 Å². The minimum atomic E-state index is 0.523. The molecule has 17 heavy (non-hydrogen) atoms. The highest BCUT2D eigenvalue weighted by atomic mass is 14.9. The lowest BCUT2D eigenvalue weighted by Gasteiger charge is -2.33. The molecular weight excluding hydrogens is 208 g/mol. The first-order chi connectivity index (χ1) is 8.07. The number of nitrogens with zero attached hydrogens (tertiary/aromatic N) is 1. The van der Waals surface area contributed by atoms with Gasteiger partial charge in [0.05, 0.1) is 0 Å². The quantitative estimate of drug-likeness (QED) is 0.815. The molecule has 0 aromatic carbocycles. The summed E-state index contributed by atoms with van der Waals surface area (Å²) in [6, 6.07) is 4.78. The standard InChI is InChI=1S/C15H26N2/c1-6-17-15(12(4)11(2)3)13(5)14-7-9-16-10-8-14/h7-13,15,17H,6H2,1-5H3. The van der Waals surface area contributed by atoms with Gasteiger partial charge in [-0.25, -0.2) is 0 Å². The summed E-state index contributed by atoms with van der Waals surface area (Å²) in [5.41, 5.74) is 1.37. The molecule has 0 spiro atoms. The van der Waals surface area contributed by atoms with Crippen LogP contribution in [0.5, 0.6) is 0 Å². The summed E-state index contributed by atoms with van der Waals surface area (Å²) in [6.07, 6.45) is 3.77. The van der Waals surface area contributed by atoms with Crippen molar-refractivity contribution in [2.45, 2.75) is 46.6 Å². The van der Waals surface area contributed by atoms with E-state index in [1.807, 2.05) is 12.4 Å². The molecule has 0 aliphatic rings. The van der Waals surface area contributed by atoms with Crippen molar-refractivity contribution >= 4 is 0 Å². The number of aromatic nitrogens is 1. The molecule has 2 heteroatoms. The molecule has 1 N–H and O–H groups in total. The first-order valence-electron chi connectivity index (χ1n) is 6.71. The van der Waals surface area contributed by atoms with Gasteiger partial charge in [-0.1, -0.05) is 34.6 Å². The Morgan fingerprint density at radius 2 is 1.71 bits per heavy atom. The van der Waals surface area contributed by atoms with Gasteiger partial charge < -0.3 is 5.32 Å². The summed E-state index contributed by atoms with van der Waals surface area (Å²) in [6.45, 7) is 12.5. The molecule has 1 aromatic heterocycles. The van der Waals surface area contributed by atoms with Crippen molar-refractivity contribution in [3.05, 3.63) is 30.1 Å². The van der Waals surface area contributed by atoms with E-state index < -0.39 is 0 Å². The van der Waals surface area contributed by atoms with Crippen LogP contribution >= 0.6 is 0 Å². The Morgan fingerprint density at radius 3 is 2.18 bits per heavy atom. The SMILES string of the molecule is CCNC(C(C)c1ccncc1)C(C)C(C)C. The molecule has 0 saturated carbocycles. The van der Waals surface area contributed by atoms with E-state index in [4.69, 9.17) is 0 Å². The number of nitrogens with one attached hydrogen (secondary N) is 1. The molecule has 0 aliphatic heterocycles. The van der Waals surface area contributed by atoms with Crippen LogP contribution < -0.4 is 5.32 Å². The third-order valence-corrected chi connectivity index (χ3v) is 3.83. The molecule has 3 atom stereocenters. The van der Waals surface area contributed by atoms with Crippen LogP contribution in [0.1, 0.15) is 46.1 Å². The van der Waals surface area contributed by atoms with E-state index in [0.717, 1.165) is 6.54 Å².